The molecule has 0 aliphatic heterocycles. The fourth-order valence-electron chi connectivity index (χ4n) is 2.33. The van der Waals surface area contributed by atoms with E-state index in [4.69, 9.17) is 5.11 Å². The molecule has 0 spiro atoms. The van der Waals surface area contributed by atoms with Crippen LogP contribution in [0.4, 0.5) is 0 Å². The SMILES string of the molecule is CCC(c1cccc(Br)c1)N(CC)CC(C)C(=O)O. The fourth-order valence-corrected chi connectivity index (χ4v) is 2.74. The predicted molar refractivity (Wildman–Crippen MR) is 81.2 cm³/mol. The maximum absolute atomic E-state index is 11.0. The minimum Gasteiger partial charge on any atom is -0.481 e. The highest BCUT2D eigenvalue weighted by Crippen LogP contribution is 2.27. The van der Waals surface area contributed by atoms with Gasteiger partial charge in [0.15, 0.2) is 0 Å². The van der Waals surface area contributed by atoms with Crippen molar-refractivity contribution in [3.05, 3.63) is 34.3 Å². The van der Waals surface area contributed by atoms with Gasteiger partial charge in [0.25, 0.3) is 0 Å². The Labute approximate surface area is 123 Å². The number of nitrogens with zero attached hydrogens (tertiary/aromatic N) is 1. The van der Waals surface area contributed by atoms with Gasteiger partial charge in [-0.3, -0.25) is 9.69 Å². The molecule has 1 N–H and O–H groups in total. The first-order valence-electron chi connectivity index (χ1n) is 6.71. The topological polar surface area (TPSA) is 40.5 Å². The molecule has 2 atom stereocenters. The lowest BCUT2D eigenvalue weighted by atomic mass is 10.0. The molecule has 4 heteroatoms. The molecule has 1 aromatic rings. The number of aliphatic carboxylic acids is 1. The number of rotatable bonds is 7. The van der Waals surface area contributed by atoms with Crippen LogP contribution in [0.2, 0.25) is 0 Å². The van der Waals surface area contributed by atoms with Crippen molar-refractivity contribution in [3.8, 4) is 0 Å². The second-order valence-corrected chi connectivity index (χ2v) is 5.72. The van der Waals surface area contributed by atoms with Crippen LogP contribution in [-0.2, 0) is 4.79 Å². The van der Waals surface area contributed by atoms with Crippen LogP contribution in [0.1, 0.15) is 38.8 Å². The summed E-state index contributed by atoms with van der Waals surface area (Å²) in [6, 6.07) is 8.52. The minimum absolute atomic E-state index is 0.268. The number of benzene rings is 1. The molecule has 1 rings (SSSR count). The van der Waals surface area contributed by atoms with E-state index in [-0.39, 0.29) is 12.0 Å². The Morgan fingerprint density at radius 2 is 2.11 bits per heavy atom. The van der Waals surface area contributed by atoms with Crippen LogP contribution in [0.15, 0.2) is 28.7 Å². The fraction of sp³-hybridized carbons (Fsp3) is 0.533. The van der Waals surface area contributed by atoms with Gasteiger partial charge in [-0.2, -0.15) is 0 Å². The van der Waals surface area contributed by atoms with Gasteiger partial charge in [-0.05, 0) is 30.7 Å². The van der Waals surface area contributed by atoms with E-state index in [0.717, 1.165) is 17.4 Å². The molecule has 0 amide bonds. The summed E-state index contributed by atoms with van der Waals surface area (Å²) in [5, 5.41) is 9.06. The lowest BCUT2D eigenvalue weighted by molar-refractivity contribution is -0.141. The Hall–Kier alpha value is -0.870. The predicted octanol–water partition coefficient (Wildman–Crippen LogP) is 3.94. The third kappa shape index (κ3) is 4.62. The molecule has 1 aromatic carbocycles. The number of carboxylic acid groups (broad SMARTS) is 1. The minimum atomic E-state index is -0.734. The van der Waals surface area contributed by atoms with Crippen LogP contribution in [0.3, 0.4) is 0 Å². The van der Waals surface area contributed by atoms with Gasteiger partial charge >= 0.3 is 5.97 Å². The van der Waals surface area contributed by atoms with Crippen LogP contribution in [0.25, 0.3) is 0 Å². The first-order chi connectivity index (χ1) is 8.99. The molecule has 0 aromatic heterocycles. The van der Waals surface area contributed by atoms with Crippen molar-refractivity contribution in [2.24, 2.45) is 5.92 Å². The third-order valence-electron chi connectivity index (χ3n) is 3.40. The molecule has 0 fully saturated rings. The second kappa shape index (κ2) is 7.65. The van der Waals surface area contributed by atoms with Gasteiger partial charge in [0.05, 0.1) is 5.92 Å². The largest absolute Gasteiger partial charge is 0.481 e. The summed E-state index contributed by atoms with van der Waals surface area (Å²) < 4.78 is 1.06. The van der Waals surface area contributed by atoms with E-state index in [1.165, 1.54) is 5.56 Å². The van der Waals surface area contributed by atoms with E-state index in [2.05, 4.69) is 46.8 Å². The zero-order chi connectivity index (χ0) is 14.4. The Kier molecular flexibility index (Phi) is 6.52. The van der Waals surface area contributed by atoms with Crippen LogP contribution in [-0.4, -0.2) is 29.1 Å². The maximum Gasteiger partial charge on any atom is 0.307 e. The number of carbonyl (C=O) groups is 1. The van der Waals surface area contributed by atoms with Crippen molar-refractivity contribution < 1.29 is 9.90 Å². The standard InChI is InChI=1S/C15H22BrNO2/c1-4-14(12-7-6-8-13(16)9-12)17(5-2)10-11(3)15(18)19/h6-9,11,14H,4-5,10H2,1-3H3,(H,18,19). The van der Waals surface area contributed by atoms with Crippen LogP contribution < -0.4 is 0 Å². The van der Waals surface area contributed by atoms with Crippen LogP contribution in [0.5, 0.6) is 0 Å². The summed E-state index contributed by atoms with van der Waals surface area (Å²) >= 11 is 3.49. The molecular formula is C15H22BrNO2. The first kappa shape index (κ1) is 16.2. The summed E-state index contributed by atoms with van der Waals surface area (Å²) in [5.41, 5.74) is 1.23. The summed E-state index contributed by atoms with van der Waals surface area (Å²) in [6.45, 7) is 7.41. The quantitative estimate of drug-likeness (QED) is 0.824. The monoisotopic (exact) mass is 327 g/mol. The smallest absolute Gasteiger partial charge is 0.307 e. The summed E-state index contributed by atoms with van der Waals surface area (Å²) in [4.78, 5) is 13.3. The van der Waals surface area contributed by atoms with E-state index >= 15 is 0 Å². The molecule has 0 radical (unpaired) electrons. The molecule has 19 heavy (non-hydrogen) atoms. The third-order valence-corrected chi connectivity index (χ3v) is 3.89. The molecule has 0 saturated carbocycles. The van der Waals surface area contributed by atoms with E-state index in [1.807, 2.05) is 12.1 Å². The van der Waals surface area contributed by atoms with Crippen molar-refractivity contribution in [3.63, 3.8) is 0 Å². The maximum atomic E-state index is 11.0. The van der Waals surface area contributed by atoms with Gasteiger partial charge in [-0.15, -0.1) is 0 Å². The van der Waals surface area contributed by atoms with Crippen molar-refractivity contribution in [2.75, 3.05) is 13.1 Å². The molecule has 0 aliphatic rings. The van der Waals surface area contributed by atoms with Gasteiger partial charge in [0, 0.05) is 17.1 Å². The Morgan fingerprint density at radius 1 is 1.42 bits per heavy atom. The summed E-state index contributed by atoms with van der Waals surface area (Å²) in [6.07, 6.45) is 0.969. The molecule has 0 heterocycles. The average Bonchev–Trinajstić information content (AvgIpc) is 2.38. The number of hydrogen-bond donors (Lipinski definition) is 1. The first-order valence-corrected chi connectivity index (χ1v) is 7.51. The Balaban J connectivity index is 2.89. The number of halogens is 1. The van der Waals surface area contributed by atoms with E-state index in [1.54, 1.807) is 6.92 Å². The van der Waals surface area contributed by atoms with E-state index < -0.39 is 5.97 Å². The highest BCUT2D eigenvalue weighted by atomic mass is 79.9. The van der Waals surface area contributed by atoms with Crippen molar-refractivity contribution in [2.45, 2.75) is 33.2 Å². The van der Waals surface area contributed by atoms with Gasteiger partial charge in [-0.25, -0.2) is 0 Å². The van der Waals surface area contributed by atoms with Crippen molar-refractivity contribution in [1.82, 2.24) is 4.90 Å². The highest BCUT2D eigenvalue weighted by molar-refractivity contribution is 9.10. The zero-order valence-electron chi connectivity index (χ0n) is 11.8. The Bertz CT molecular complexity index is 422. The van der Waals surface area contributed by atoms with Crippen molar-refractivity contribution in [1.29, 1.82) is 0 Å². The summed E-state index contributed by atoms with van der Waals surface area (Å²) in [7, 11) is 0. The average molecular weight is 328 g/mol. The van der Waals surface area contributed by atoms with Crippen molar-refractivity contribution >= 4 is 21.9 Å². The number of hydrogen-bond acceptors (Lipinski definition) is 2. The number of carboxylic acids is 1. The Morgan fingerprint density at radius 3 is 2.58 bits per heavy atom. The normalized spacial score (nSPS) is 14.4. The van der Waals surface area contributed by atoms with Crippen LogP contribution >= 0.6 is 15.9 Å². The molecule has 0 saturated heterocycles. The molecule has 2 unspecified atom stereocenters. The van der Waals surface area contributed by atoms with Crippen LogP contribution in [0, 0.1) is 5.92 Å². The zero-order valence-corrected chi connectivity index (χ0v) is 13.4. The molecule has 106 valence electrons. The lowest BCUT2D eigenvalue weighted by Gasteiger charge is -2.31. The van der Waals surface area contributed by atoms with E-state index in [0.29, 0.717) is 6.54 Å². The molecule has 3 nitrogen and oxygen atoms in total. The van der Waals surface area contributed by atoms with Gasteiger partial charge in [-0.1, -0.05) is 48.8 Å². The second-order valence-electron chi connectivity index (χ2n) is 4.81. The van der Waals surface area contributed by atoms with E-state index in [9.17, 15) is 4.79 Å². The molecule has 0 aliphatic carbocycles. The summed E-state index contributed by atoms with van der Waals surface area (Å²) in [5.74, 6) is -1.08. The van der Waals surface area contributed by atoms with Gasteiger partial charge in [0.2, 0.25) is 0 Å². The lowest BCUT2D eigenvalue weighted by Crippen LogP contribution is -2.34. The highest BCUT2D eigenvalue weighted by Gasteiger charge is 2.22. The van der Waals surface area contributed by atoms with Gasteiger partial charge in [0.1, 0.15) is 0 Å². The van der Waals surface area contributed by atoms with Gasteiger partial charge < -0.3 is 5.11 Å². The molecular weight excluding hydrogens is 306 g/mol. The molecule has 0 bridgehead atoms.